The van der Waals surface area contributed by atoms with E-state index in [-0.39, 0.29) is 0 Å². The Balaban J connectivity index is 1.27. The first-order valence-electron chi connectivity index (χ1n) is 14.3. The highest BCUT2D eigenvalue weighted by atomic mass is 14.8. The van der Waals surface area contributed by atoms with Gasteiger partial charge in [-0.05, 0) is 148 Å². The lowest BCUT2D eigenvalue weighted by atomic mass is 9.52. The van der Waals surface area contributed by atoms with Crippen molar-refractivity contribution in [3.05, 3.63) is 35.5 Å². The van der Waals surface area contributed by atoms with Gasteiger partial charge >= 0.3 is 0 Å². The zero-order valence-electron chi connectivity index (χ0n) is 21.6. The van der Waals surface area contributed by atoms with E-state index in [1.54, 1.807) is 23.1 Å². The van der Waals surface area contributed by atoms with E-state index in [1.165, 1.54) is 82.6 Å². The van der Waals surface area contributed by atoms with Crippen molar-refractivity contribution in [2.75, 3.05) is 0 Å². The summed E-state index contributed by atoms with van der Waals surface area (Å²) in [5.74, 6) is 5.77. The molecule has 0 aliphatic heterocycles. The Morgan fingerprint density at radius 2 is 1.84 bits per heavy atom. The van der Waals surface area contributed by atoms with Gasteiger partial charge in [0.1, 0.15) is 0 Å². The lowest BCUT2D eigenvalue weighted by Crippen LogP contribution is -2.43. The standard InChI is InChI=1S/C32H48/c1-7-27-20(2)15-24(16-21(27)3)17-26-10-11-28-25-18-29-23(5)32(29)12-8-9-22(4)31(32,19-25)14-13-30(26,28)6/h23-26,28-29H,2,4,7-19H2,1,3,5-6H3. The van der Waals surface area contributed by atoms with Crippen LogP contribution < -0.4 is 0 Å². The highest BCUT2D eigenvalue weighted by molar-refractivity contribution is 5.36. The van der Waals surface area contributed by atoms with Gasteiger partial charge in [-0.15, -0.1) is 0 Å². The molecule has 0 N–H and O–H groups in total. The molecule has 32 heavy (non-hydrogen) atoms. The Bertz CT molecular complexity index is 872. The molecule has 0 heterocycles. The van der Waals surface area contributed by atoms with Gasteiger partial charge < -0.3 is 0 Å². The minimum absolute atomic E-state index is 0.518. The topological polar surface area (TPSA) is 0 Å². The fourth-order valence-corrected chi connectivity index (χ4v) is 11.7. The van der Waals surface area contributed by atoms with E-state index >= 15 is 0 Å². The third-order valence-corrected chi connectivity index (χ3v) is 13.1. The van der Waals surface area contributed by atoms with E-state index in [2.05, 4.69) is 34.3 Å². The molecule has 0 radical (unpaired) electrons. The molecule has 0 nitrogen and oxygen atoms in total. The van der Waals surface area contributed by atoms with Crippen molar-refractivity contribution in [2.24, 2.45) is 51.8 Å². The van der Waals surface area contributed by atoms with Crippen LogP contribution >= 0.6 is 0 Å². The van der Waals surface area contributed by atoms with Crippen LogP contribution in [0.25, 0.3) is 0 Å². The Hall–Kier alpha value is -0.780. The first-order chi connectivity index (χ1) is 15.3. The van der Waals surface area contributed by atoms with Crippen LogP contribution in [0.1, 0.15) is 111 Å². The second-order valence-electron chi connectivity index (χ2n) is 13.8. The van der Waals surface area contributed by atoms with Crippen molar-refractivity contribution < 1.29 is 0 Å². The van der Waals surface area contributed by atoms with Crippen LogP contribution in [0, 0.1) is 51.8 Å². The number of allylic oxidation sites excluding steroid dienone is 4. The van der Waals surface area contributed by atoms with Crippen molar-refractivity contribution in [1.82, 2.24) is 0 Å². The maximum Gasteiger partial charge on any atom is -0.00260 e. The first-order valence-corrected chi connectivity index (χ1v) is 14.3. The van der Waals surface area contributed by atoms with Gasteiger partial charge in [0.05, 0.1) is 0 Å². The predicted molar refractivity (Wildman–Crippen MR) is 136 cm³/mol. The molecule has 5 fully saturated rings. The molecule has 0 amide bonds. The van der Waals surface area contributed by atoms with Gasteiger partial charge in [0, 0.05) is 0 Å². The summed E-state index contributed by atoms with van der Waals surface area (Å²) >= 11 is 0. The van der Waals surface area contributed by atoms with Gasteiger partial charge in [0.15, 0.2) is 0 Å². The molecule has 0 saturated heterocycles. The minimum atomic E-state index is 0.518. The van der Waals surface area contributed by atoms with Crippen molar-refractivity contribution in [1.29, 1.82) is 0 Å². The molecule has 176 valence electrons. The van der Waals surface area contributed by atoms with Crippen LogP contribution in [-0.4, -0.2) is 0 Å². The maximum absolute atomic E-state index is 4.80. The molecule has 6 rings (SSSR count). The molecule has 6 aliphatic carbocycles. The summed E-state index contributed by atoms with van der Waals surface area (Å²) in [6.07, 6.45) is 18.6. The van der Waals surface area contributed by atoms with Crippen LogP contribution in [0.2, 0.25) is 0 Å². The molecule has 0 aromatic heterocycles. The normalized spacial score (nSPS) is 52.2. The highest BCUT2D eigenvalue weighted by Crippen LogP contribution is 2.83. The average Bonchev–Trinajstić information content (AvgIpc) is 3.22. The van der Waals surface area contributed by atoms with Gasteiger partial charge in [-0.25, -0.2) is 0 Å². The summed E-state index contributed by atoms with van der Waals surface area (Å²) in [7, 11) is 0. The molecule has 9 atom stereocenters. The number of hydrogen-bond acceptors (Lipinski definition) is 0. The molecular formula is C32H48. The monoisotopic (exact) mass is 432 g/mol. The van der Waals surface area contributed by atoms with E-state index in [9.17, 15) is 0 Å². The minimum Gasteiger partial charge on any atom is -0.0993 e. The van der Waals surface area contributed by atoms with Crippen molar-refractivity contribution >= 4 is 0 Å². The Labute approximate surface area is 198 Å². The lowest BCUT2D eigenvalue weighted by molar-refractivity contribution is 0.0296. The molecule has 2 spiro atoms. The third kappa shape index (κ3) is 2.62. The second kappa shape index (κ2) is 7.11. The molecular weight excluding hydrogens is 384 g/mol. The zero-order valence-corrected chi connectivity index (χ0v) is 21.6. The van der Waals surface area contributed by atoms with E-state index in [1.807, 2.05) is 0 Å². The predicted octanol–water partition coefficient (Wildman–Crippen LogP) is 9.28. The molecule has 0 heteroatoms. The van der Waals surface area contributed by atoms with E-state index in [0.717, 1.165) is 35.5 Å². The van der Waals surface area contributed by atoms with Crippen molar-refractivity contribution in [3.8, 4) is 0 Å². The van der Waals surface area contributed by atoms with Gasteiger partial charge in [0.2, 0.25) is 0 Å². The Kier molecular flexibility index (Phi) is 4.83. The summed E-state index contributed by atoms with van der Waals surface area (Å²) in [4.78, 5) is 0. The summed E-state index contributed by atoms with van der Waals surface area (Å²) < 4.78 is 0. The van der Waals surface area contributed by atoms with Gasteiger partial charge in [-0.2, -0.15) is 0 Å². The summed E-state index contributed by atoms with van der Waals surface area (Å²) in [6, 6.07) is 0. The SMILES string of the molecule is C=C1CC(CC2CCC3C4CC5C(C)C56CCCC(=C)C6(CCC23C)C4)CC(C)=C1CC. The Morgan fingerprint density at radius 3 is 2.59 bits per heavy atom. The van der Waals surface area contributed by atoms with E-state index < -0.39 is 0 Å². The molecule has 6 aliphatic rings. The largest absolute Gasteiger partial charge is 0.0993 e. The average molecular weight is 433 g/mol. The maximum atomic E-state index is 4.80. The second-order valence-corrected chi connectivity index (χ2v) is 13.8. The van der Waals surface area contributed by atoms with Gasteiger partial charge in [-0.3, -0.25) is 0 Å². The lowest BCUT2D eigenvalue weighted by Gasteiger charge is -2.52. The summed E-state index contributed by atoms with van der Waals surface area (Å²) in [6.45, 7) is 19.4. The van der Waals surface area contributed by atoms with E-state index in [0.29, 0.717) is 16.2 Å². The van der Waals surface area contributed by atoms with E-state index in [4.69, 9.17) is 6.58 Å². The number of fused-ring (bicyclic) bond motifs is 3. The fraction of sp³-hybridized carbons (Fsp3) is 0.812. The molecule has 5 saturated carbocycles. The molecule has 2 bridgehead atoms. The Morgan fingerprint density at radius 1 is 1.03 bits per heavy atom. The van der Waals surface area contributed by atoms with Crippen LogP contribution in [0.5, 0.6) is 0 Å². The van der Waals surface area contributed by atoms with Gasteiger partial charge in [0.25, 0.3) is 0 Å². The van der Waals surface area contributed by atoms with Crippen LogP contribution in [0.15, 0.2) is 35.5 Å². The van der Waals surface area contributed by atoms with Crippen molar-refractivity contribution in [2.45, 2.75) is 111 Å². The van der Waals surface area contributed by atoms with Crippen LogP contribution in [-0.2, 0) is 0 Å². The molecule has 0 aromatic carbocycles. The smallest absolute Gasteiger partial charge is 0.00260 e. The molecule has 9 unspecified atom stereocenters. The van der Waals surface area contributed by atoms with Gasteiger partial charge in [-0.1, -0.05) is 50.6 Å². The van der Waals surface area contributed by atoms with Crippen LogP contribution in [0.4, 0.5) is 0 Å². The third-order valence-electron chi connectivity index (χ3n) is 13.1. The quantitative estimate of drug-likeness (QED) is 0.390. The zero-order chi connectivity index (χ0) is 22.5. The van der Waals surface area contributed by atoms with Crippen molar-refractivity contribution in [3.63, 3.8) is 0 Å². The van der Waals surface area contributed by atoms with Crippen LogP contribution in [0.3, 0.4) is 0 Å². The highest BCUT2D eigenvalue weighted by Gasteiger charge is 2.76. The number of hydrogen-bond donors (Lipinski definition) is 0. The summed E-state index contributed by atoms with van der Waals surface area (Å²) in [5.41, 5.74) is 8.17. The number of rotatable bonds is 3. The first kappa shape index (κ1) is 21.7. The molecule has 0 aromatic rings. The summed E-state index contributed by atoms with van der Waals surface area (Å²) in [5, 5.41) is 0. The fourth-order valence-electron chi connectivity index (χ4n) is 11.7.